The van der Waals surface area contributed by atoms with Gasteiger partial charge in [-0.15, -0.1) is 0 Å². The van der Waals surface area contributed by atoms with E-state index in [1.54, 1.807) is 30.0 Å². The molecule has 1 saturated carbocycles. The quantitative estimate of drug-likeness (QED) is 0.565. The van der Waals surface area contributed by atoms with Crippen LogP contribution in [0.5, 0.6) is 5.75 Å². The molecule has 0 bridgehead atoms. The van der Waals surface area contributed by atoms with Gasteiger partial charge in [-0.2, -0.15) is 0 Å². The number of amides is 1. The number of hydrogen-bond donors (Lipinski definition) is 2. The number of ether oxygens (including phenoxy) is 3. The first kappa shape index (κ1) is 23.9. The number of aliphatic hydroxyl groups is 2. The van der Waals surface area contributed by atoms with Gasteiger partial charge in [-0.25, -0.2) is 4.79 Å². The fourth-order valence-electron chi connectivity index (χ4n) is 8.08. The maximum absolute atomic E-state index is 13.6. The van der Waals surface area contributed by atoms with Crippen molar-refractivity contribution in [3.8, 4) is 5.75 Å². The number of esters is 2. The topological polar surface area (TPSA) is 126 Å². The third kappa shape index (κ3) is 2.59. The monoisotopic (exact) mass is 488 g/mol. The summed E-state index contributed by atoms with van der Waals surface area (Å²) < 4.78 is 16.4. The van der Waals surface area contributed by atoms with Crippen LogP contribution < -0.4 is 9.64 Å². The van der Waals surface area contributed by atoms with Crippen LogP contribution in [0.25, 0.3) is 0 Å². The molecule has 10 heteroatoms. The average Bonchev–Trinajstić information content (AvgIpc) is 3.44. The van der Waals surface area contributed by atoms with Crippen LogP contribution in [0.1, 0.15) is 38.7 Å². The van der Waals surface area contributed by atoms with Crippen molar-refractivity contribution in [1.82, 2.24) is 4.90 Å². The van der Waals surface area contributed by atoms with Crippen LogP contribution in [0.2, 0.25) is 0 Å². The Balaban J connectivity index is 1.89. The van der Waals surface area contributed by atoms with E-state index in [2.05, 4.69) is 0 Å². The molecule has 5 rings (SSSR count). The van der Waals surface area contributed by atoms with Gasteiger partial charge in [-0.1, -0.05) is 13.0 Å². The van der Waals surface area contributed by atoms with Crippen molar-refractivity contribution >= 4 is 23.5 Å². The number of benzene rings is 1. The Morgan fingerprint density at radius 1 is 1.23 bits per heavy atom. The largest absolute Gasteiger partial charge is 0.497 e. The minimum atomic E-state index is -2.28. The predicted molar refractivity (Wildman–Crippen MR) is 123 cm³/mol. The van der Waals surface area contributed by atoms with Crippen molar-refractivity contribution in [2.24, 2.45) is 5.41 Å². The number of carbonyl (C=O) groups excluding carboxylic acids is 3. The van der Waals surface area contributed by atoms with E-state index in [0.717, 1.165) is 5.56 Å². The summed E-state index contributed by atoms with van der Waals surface area (Å²) in [4.78, 5) is 43.1. The molecule has 2 N–H and O–H groups in total. The number of rotatable bonds is 5. The Hall–Kier alpha value is -2.85. The van der Waals surface area contributed by atoms with Gasteiger partial charge in [0.05, 0.1) is 44.4 Å². The second kappa shape index (κ2) is 7.57. The summed E-state index contributed by atoms with van der Waals surface area (Å²) in [7, 11) is 4.49. The second-order valence-corrected chi connectivity index (χ2v) is 10.3. The molecule has 3 heterocycles. The first-order chi connectivity index (χ1) is 16.6. The van der Waals surface area contributed by atoms with Crippen LogP contribution in [0.3, 0.4) is 0 Å². The van der Waals surface area contributed by atoms with E-state index in [4.69, 9.17) is 14.2 Å². The lowest BCUT2D eigenvalue weighted by atomic mass is 9.48. The van der Waals surface area contributed by atoms with E-state index in [0.29, 0.717) is 17.9 Å². The molecule has 1 aromatic rings. The van der Waals surface area contributed by atoms with E-state index < -0.39 is 52.6 Å². The van der Waals surface area contributed by atoms with Crippen LogP contribution >= 0.6 is 0 Å². The molecule has 2 saturated heterocycles. The van der Waals surface area contributed by atoms with Crippen LogP contribution in [-0.4, -0.2) is 90.7 Å². The molecule has 0 radical (unpaired) electrons. The van der Waals surface area contributed by atoms with Gasteiger partial charge in [-0.05, 0) is 24.5 Å². The summed E-state index contributed by atoms with van der Waals surface area (Å²) in [6.07, 6.45) is -0.580. The lowest BCUT2D eigenvalue weighted by Gasteiger charge is -2.60. The zero-order valence-electron chi connectivity index (χ0n) is 20.6. The molecule has 1 aliphatic carbocycles. The summed E-state index contributed by atoms with van der Waals surface area (Å²) in [5, 5.41) is 22.8. The smallest absolute Gasteiger partial charge is 0.344 e. The van der Waals surface area contributed by atoms with Gasteiger partial charge in [0.1, 0.15) is 5.75 Å². The summed E-state index contributed by atoms with van der Waals surface area (Å²) >= 11 is 0. The standard InChI is InChI=1S/C25H32N2O8/c1-6-23-10-14(12-28)27-18(30)11-24(19(23)27)16-8-7-15(33-4)9-17(16)26(3)20(24)25(32,22(31)34-5)21(23)35-13(2)29/h7-9,14,19-21,28,32H,6,10-12H2,1-5H3/t14-,19-,20+,21+,23+,24+,25-/m0/s1. The van der Waals surface area contributed by atoms with Gasteiger partial charge in [0.2, 0.25) is 11.5 Å². The maximum Gasteiger partial charge on any atom is 0.344 e. The van der Waals surface area contributed by atoms with E-state index in [9.17, 15) is 24.6 Å². The Bertz CT molecular complexity index is 1110. The van der Waals surface area contributed by atoms with Crippen LogP contribution in [0, 0.1) is 5.41 Å². The van der Waals surface area contributed by atoms with Crippen molar-refractivity contribution in [3.05, 3.63) is 23.8 Å². The number of fused-ring (bicyclic) bond motifs is 1. The molecule has 0 unspecified atom stereocenters. The highest BCUT2D eigenvalue weighted by Crippen LogP contribution is 2.70. The fourth-order valence-corrected chi connectivity index (χ4v) is 8.08. The van der Waals surface area contributed by atoms with Gasteiger partial charge >= 0.3 is 11.9 Å². The fraction of sp³-hybridized carbons (Fsp3) is 0.640. The third-order valence-electron chi connectivity index (χ3n) is 9.02. The van der Waals surface area contributed by atoms with Crippen LogP contribution in [0.15, 0.2) is 18.2 Å². The lowest BCUT2D eigenvalue weighted by Crippen LogP contribution is -2.79. The highest BCUT2D eigenvalue weighted by atomic mass is 16.6. The minimum absolute atomic E-state index is 0.0380. The molecule has 4 aliphatic rings. The van der Waals surface area contributed by atoms with Crippen molar-refractivity contribution in [3.63, 3.8) is 0 Å². The molecule has 1 amide bonds. The van der Waals surface area contributed by atoms with Crippen molar-refractivity contribution in [2.75, 3.05) is 32.8 Å². The third-order valence-corrected chi connectivity index (χ3v) is 9.02. The zero-order valence-corrected chi connectivity index (χ0v) is 20.6. The summed E-state index contributed by atoms with van der Waals surface area (Å²) in [6.45, 7) is 2.85. The number of hydrogen-bond acceptors (Lipinski definition) is 9. The van der Waals surface area contributed by atoms with Crippen LogP contribution in [-0.2, 0) is 29.3 Å². The normalized spacial score (nSPS) is 38.7. The lowest BCUT2D eigenvalue weighted by molar-refractivity contribution is -0.229. The zero-order chi connectivity index (χ0) is 25.5. The Morgan fingerprint density at radius 2 is 1.94 bits per heavy atom. The molecule has 1 spiro atoms. The molecule has 10 nitrogen and oxygen atoms in total. The summed E-state index contributed by atoms with van der Waals surface area (Å²) in [6, 6.07) is 3.50. The molecule has 3 fully saturated rings. The van der Waals surface area contributed by atoms with Gasteiger partial charge in [0, 0.05) is 37.6 Å². The molecule has 7 atom stereocenters. The second-order valence-electron chi connectivity index (χ2n) is 10.3. The number of aliphatic hydroxyl groups excluding tert-OH is 1. The van der Waals surface area contributed by atoms with E-state index in [-0.39, 0.29) is 25.4 Å². The first-order valence-corrected chi connectivity index (χ1v) is 11.9. The number of anilines is 1. The molecular weight excluding hydrogens is 456 g/mol. The van der Waals surface area contributed by atoms with E-state index in [1.165, 1.54) is 14.0 Å². The van der Waals surface area contributed by atoms with Crippen molar-refractivity contribution < 1.29 is 38.8 Å². The number of methoxy groups -OCH3 is 2. The van der Waals surface area contributed by atoms with Gasteiger partial charge < -0.3 is 34.2 Å². The van der Waals surface area contributed by atoms with Gasteiger partial charge in [0.15, 0.2) is 6.10 Å². The first-order valence-electron chi connectivity index (χ1n) is 11.9. The molecule has 0 aromatic heterocycles. The predicted octanol–water partition coefficient (Wildman–Crippen LogP) is 0.363. The molecule has 190 valence electrons. The number of nitrogens with zero attached hydrogens (tertiary/aromatic N) is 2. The van der Waals surface area contributed by atoms with Crippen molar-refractivity contribution in [2.45, 2.75) is 68.4 Å². The Labute approximate surface area is 203 Å². The van der Waals surface area contributed by atoms with Gasteiger partial charge in [-0.3, -0.25) is 9.59 Å². The molecular formula is C25H32N2O8. The number of likely N-dealkylation sites (N-methyl/N-ethyl adjacent to an activating group) is 1. The maximum atomic E-state index is 13.6. The highest BCUT2D eigenvalue weighted by Gasteiger charge is 2.84. The SMILES string of the molecule is CC[C@]12C[C@@H](CO)N3C(=O)C[C@@]4(c5ccc(OC)cc5N(C)[C@H]4[C@@](O)(C(=O)OC)[C@@H]1OC(C)=O)[C@@H]32. The molecule has 1 aromatic carbocycles. The van der Waals surface area contributed by atoms with E-state index >= 15 is 0 Å². The van der Waals surface area contributed by atoms with Gasteiger partial charge in [0.25, 0.3) is 0 Å². The highest BCUT2D eigenvalue weighted by molar-refractivity contribution is 5.92. The average molecular weight is 489 g/mol. The summed E-state index contributed by atoms with van der Waals surface area (Å²) in [5.41, 5.74) is -2.76. The number of carbonyl (C=O) groups is 3. The van der Waals surface area contributed by atoms with Crippen LogP contribution in [0.4, 0.5) is 5.69 Å². The Morgan fingerprint density at radius 3 is 2.51 bits per heavy atom. The van der Waals surface area contributed by atoms with Crippen molar-refractivity contribution in [1.29, 1.82) is 0 Å². The minimum Gasteiger partial charge on any atom is -0.497 e. The van der Waals surface area contributed by atoms with E-state index in [1.807, 2.05) is 19.1 Å². The Kier molecular flexibility index (Phi) is 5.16. The summed E-state index contributed by atoms with van der Waals surface area (Å²) in [5.74, 6) is -1.15. The molecule has 35 heavy (non-hydrogen) atoms. The molecule has 3 aliphatic heterocycles.